The van der Waals surface area contributed by atoms with Gasteiger partial charge in [-0.25, -0.2) is 0 Å². The Morgan fingerprint density at radius 1 is 1.05 bits per heavy atom. The van der Waals surface area contributed by atoms with Gasteiger partial charge in [0.05, 0.1) is 0 Å². The maximum absolute atomic E-state index is 5.89. The van der Waals surface area contributed by atoms with Gasteiger partial charge in [-0.1, -0.05) is 13.8 Å². The summed E-state index contributed by atoms with van der Waals surface area (Å²) in [6.45, 7) is 7.95. The molecule has 0 aliphatic heterocycles. The lowest BCUT2D eigenvalue weighted by Gasteiger charge is -2.29. The van der Waals surface area contributed by atoms with E-state index in [0.29, 0.717) is 11.9 Å². The van der Waals surface area contributed by atoms with Crippen molar-refractivity contribution >= 4 is 35.3 Å². The molecule has 108 valence electrons. The quantitative estimate of drug-likeness (QED) is 0.768. The maximum atomic E-state index is 5.89. The zero-order chi connectivity index (χ0) is 14.3. The second-order valence-electron chi connectivity index (χ2n) is 4.23. The molecule has 0 spiro atoms. The molecule has 19 heavy (non-hydrogen) atoms. The summed E-state index contributed by atoms with van der Waals surface area (Å²) in [6.07, 6.45) is 4.33. The monoisotopic (exact) mass is 303 g/mol. The van der Waals surface area contributed by atoms with Crippen LogP contribution in [-0.2, 0) is 0 Å². The number of aromatic nitrogens is 3. The molecule has 5 nitrogen and oxygen atoms in total. The fraction of sp³-hybridized carbons (Fsp3) is 0.750. The molecule has 1 aromatic rings. The predicted octanol–water partition coefficient (Wildman–Crippen LogP) is 3.29. The summed E-state index contributed by atoms with van der Waals surface area (Å²) in [7, 11) is 0. The fourth-order valence-corrected chi connectivity index (χ4v) is 2.72. The molecule has 0 saturated heterocycles. The summed E-state index contributed by atoms with van der Waals surface area (Å²) < 4.78 is 0.206. The third kappa shape index (κ3) is 4.69. The summed E-state index contributed by atoms with van der Waals surface area (Å²) in [5.41, 5.74) is 0. The van der Waals surface area contributed by atoms with Gasteiger partial charge in [-0.3, -0.25) is 0 Å². The molecule has 1 rings (SSSR count). The third-order valence-electron chi connectivity index (χ3n) is 3.23. The standard InChI is InChI=1S/C12H22ClN5S/c1-5-12(6-2,19-4)8-15-11-17-9(13)16-10(18-11)14-7-3/h5-8H2,1-4H3,(H2,14,15,16,17,18). The van der Waals surface area contributed by atoms with Gasteiger partial charge in [0.25, 0.3) is 0 Å². The van der Waals surface area contributed by atoms with Crippen LogP contribution in [0, 0.1) is 0 Å². The van der Waals surface area contributed by atoms with Crippen molar-refractivity contribution in [3.05, 3.63) is 5.28 Å². The fourth-order valence-electron chi connectivity index (χ4n) is 1.77. The molecule has 1 aromatic heterocycles. The molecule has 0 radical (unpaired) electrons. The number of rotatable bonds is 8. The Hall–Kier alpha value is -0.750. The van der Waals surface area contributed by atoms with Crippen molar-refractivity contribution in [2.24, 2.45) is 0 Å². The van der Waals surface area contributed by atoms with Gasteiger partial charge in [0, 0.05) is 17.8 Å². The zero-order valence-electron chi connectivity index (χ0n) is 12.0. The van der Waals surface area contributed by atoms with Crippen molar-refractivity contribution in [3.8, 4) is 0 Å². The minimum atomic E-state index is 0.205. The molecule has 0 unspecified atom stereocenters. The molecule has 2 N–H and O–H groups in total. The van der Waals surface area contributed by atoms with Crippen molar-refractivity contribution in [2.45, 2.75) is 38.4 Å². The number of anilines is 2. The van der Waals surface area contributed by atoms with E-state index in [1.165, 1.54) is 0 Å². The lowest BCUT2D eigenvalue weighted by molar-refractivity contribution is 0.573. The van der Waals surface area contributed by atoms with Crippen LogP contribution in [0.25, 0.3) is 0 Å². The molecular formula is C12H22ClN5S. The maximum Gasteiger partial charge on any atom is 0.228 e. The van der Waals surface area contributed by atoms with Gasteiger partial charge in [0.1, 0.15) is 0 Å². The lowest BCUT2D eigenvalue weighted by atomic mass is 10.0. The molecule has 0 atom stereocenters. The van der Waals surface area contributed by atoms with Crippen LogP contribution in [0.3, 0.4) is 0 Å². The van der Waals surface area contributed by atoms with Crippen LogP contribution in [0.4, 0.5) is 11.9 Å². The van der Waals surface area contributed by atoms with Crippen LogP contribution >= 0.6 is 23.4 Å². The van der Waals surface area contributed by atoms with Crippen LogP contribution < -0.4 is 10.6 Å². The van der Waals surface area contributed by atoms with Gasteiger partial charge in [-0.15, -0.1) is 0 Å². The first-order chi connectivity index (χ1) is 9.09. The molecule has 0 aliphatic rings. The Morgan fingerprint density at radius 2 is 1.63 bits per heavy atom. The van der Waals surface area contributed by atoms with Crippen molar-refractivity contribution in [1.82, 2.24) is 15.0 Å². The first-order valence-electron chi connectivity index (χ1n) is 6.53. The SMILES string of the molecule is CCNc1nc(Cl)nc(NCC(CC)(CC)SC)n1. The summed E-state index contributed by atoms with van der Waals surface area (Å²) in [4.78, 5) is 12.4. The highest BCUT2D eigenvalue weighted by atomic mass is 35.5. The summed E-state index contributed by atoms with van der Waals surface area (Å²) >= 11 is 7.76. The van der Waals surface area contributed by atoms with E-state index in [1.54, 1.807) is 0 Å². The Kier molecular flexibility index (Phi) is 6.65. The highest BCUT2D eigenvalue weighted by molar-refractivity contribution is 8.00. The molecular weight excluding hydrogens is 282 g/mol. The van der Waals surface area contributed by atoms with E-state index in [2.05, 4.69) is 45.7 Å². The van der Waals surface area contributed by atoms with E-state index in [1.807, 2.05) is 18.7 Å². The number of halogens is 1. The summed E-state index contributed by atoms with van der Waals surface area (Å²) in [6, 6.07) is 0. The van der Waals surface area contributed by atoms with Crippen molar-refractivity contribution in [2.75, 3.05) is 30.0 Å². The summed E-state index contributed by atoms with van der Waals surface area (Å²) in [5, 5.41) is 6.51. The second kappa shape index (κ2) is 7.75. The first kappa shape index (κ1) is 16.3. The average molecular weight is 304 g/mol. The normalized spacial score (nSPS) is 11.4. The first-order valence-corrected chi connectivity index (χ1v) is 8.13. The van der Waals surface area contributed by atoms with Gasteiger partial charge < -0.3 is 10.6 Å². The Balaban J connectivity index is 2.76. The lowest BCUT2D eigenvalue weighted by Crippen LogP contribution is -2.32. The van der Waals surface area contributed by atoms with Crippen LogP contribution in [0.1, 0.15) is 33.6 Å². The van der Waals surface area contributed by atoms with E-state index < -0.39 is 0 Å². The van der Waals surface area contributed by atoms with Crippen LogP contribution in [-0.4, -0.2) is 39.0 Å². The number of nitrogens with one attached hydrogen (secondary N) is 2. The number of thioether (sulfide) groups is 1. The topological polar surface area (TPSA) is 62.7 Å². The molecule has 0 fully saturated rings. The third-order valence-corrected chi connectivity index (χ3v) is 4.99. The molecule has 0 amide bonds. The van der Waals surface area contributed by atoms with Crippen LogP contribution in [0.5, 0.6) is 0 Å². The number of nitrogens with zero attached hydrogens (tertiary/aromatic N) is 3. The second-order valence-corrected chi connectivity index (χ2v) is 5.84. The van der Waals surface area contributed by atoms with E-state index in [9.17, 15) is 0 Å². The van der Waals surface area contributed by atoms with Gasteiger partial charge >= 0.3 is 0 Å². The molecule has 1 heterocycles. The average Bonchev–Trinajstić information content (AvgIpc) is 2.41. The van der Waals surface area contributed by atoms with E-state index in [4.69, 9.17) is 11.6 Å². The summed E-state index contributed by atoms with van der Waals surface area (Å²) in [5.74, 6) is 1.03. The highest BCUT2D eigenvalue weighted by Crippen LogP contribution is 2.30. The molecule has 7 heteroatoms. The van der Waals surface area contributed by atoms with Gasteiger partial charge in [0.2, 0.25) is 17.2 Å². The predicted molar refractivity (Wildman–Crippen MR) is 84.3 cm³/mol. The molecule has 0 saturated carbocycles. The van der Waals surface area contributed by atoms with Crippen molar-refractivity contribution < 1.29 is 0 Å². The van der Waals surface area contributed by atoms with E-state index in [0.717, 1.165) is 25.9 Å². The number of hydrogen-bond acceptors (Lipinski definition) is 6. The Bertz CT molecular complexity index is 389. The van der Waals surface area contributed by atoms with Gasteiger partial charge in [-0.05, 0) is 37.6 Å². The molecule has 0 bridgehead atoms. The van der Waals surface area contributed by atoms with E-state index in [-0.39, 0.29) is 10.0 Å². The Morgan fingerprint density at radius 3 is 2.11 bits per heavy atom. The Labute approximate surface area is 124 Å². The van der Waals surface area contributed by atoms with Crippen LogP contribution in [0.2, 0.25) is 5.28 Å². The van der Waals surface area contributed by atoms with Gasteiger partial charge in [0.15, 0.2) is 0 Å². The minimum Gasteiger partial charge on any atom is -0.354 e. The number of hydrogen-bond donors (Lipinski definition) is 2. The largest absolute Gasteiger partial charge is 0.354 e. The van der Waals surface area contributed by atoms with Crippen LogP contribution in [0.15, 0.2) is 0 Å². The highest BCUT2D eigenvalue weighted by Gasteiger charge is 2.24. The van der Waals surface area contributed by atoms with Crippen molar-refractivity contribution in [3.63, 3.8) is 0 Å². The smallest absolute Gasteiger partial charge is 0.228 e. The van der Waals surface area contributed by atoms with E-state index >= 15 is 0 Å². The van der Waals surface area contributed by atoms with Crippen molar-refractivity contribution in [1.29, 1.82) is 0 Å². The zero-order valence-corrected chi connectivity index (χ0v) is 13.5. The molecule has 0 aromatic carbocycles. The van der Waals surface area contributed by atoms with Gasteiger partial charge in [-0.2, -0.15) is 26.7 Å². The minimum absolute atomic E-state index is 0.205. The molecule has 0 aliphatic carbocycles.